The molecule has 1 aliphatic carbocycles. The van der Waals surface area contributed by atoms with Crippen molar-refractivity contribution in [2.45, 2.75) is 119 Å². The third-order valence-corrected chi connectivity index (χ3v) is 12.2. The lowest BCUT2D eigenvalue weighted by Gasteiger charge is -2.45. The summed E-state index contributed by atoms with van der Waals surface area (Å²) >= 11 is 0. The van der Waals surface area contributed by atoms with Crippen LogP contribution in [0, 0.1) is 11.8 Å². The second-order valence-electron chi connectivity index (χ2n) is 15.7. The molecular weight excluding hydrogens is 816 g/mol. The van der Waals surface area contributed by atoms with Gasteiger partial charge in [-0.05, 0) is 64.3 Å². The first-order valence-electron chi connectivity index (χ1n) is 18.4. The van der Waals surface area contributed by atoms with E-state index in [0.29, 0.717) is 25.5 Å². The highest BCUT2D eigenvalue weighted by molar-refractivity contribution is 5.91. The summed E-state index contributed by atoms with van der Waals surface area (Å²) in [6, 6.07) is 0.165. The Morgan fingerprint density at radius 3 is 1.69 bits per heavy atom. The quantitative estimate of drug-likeness (QED) is 0.310. The van der Waals surface area contributed by atoms with Gasteiger partial charge in [0.25, 0.3) is 18.1 Å². The normalized spacial score (nSPS) is 23.4. The number of aromatic nitrogens is 3. The standard InChI is InChI=1S/C33H44F12N8O5/c1-18(29(46-3)7-11-51(12-8-29)27(56)58-25(32(40,41)42)33(43,44)45)15-19-16-20(19)52-13-14-53-21(17-52)47-48-22(53)23(54)49(4)28(2)5-9-50(10-6-28)26(55)57-24(30(34,35)36)31(37,38)39/h18-20,24-25,46H,5-17H2,1-4H3. The third kappa shape index (κ3) is 9.64. The summed E-state index contributed by atoms with van der Waals surface area (Å²) in [5.41, 5.74) is -1.49. The highest BCUT2D eigenvalue weighted by atomic mass is 19.4. The van der Waals surface area contributed by atoms with Crippen molar-refractivity contribution >= 4 is 18.1 Å². The number of piperidine rings is 2. The molecule has 1 N–H and O–H groups in total. The van der Waals surface area contributed by atoms with Crippen molar-refractivity contribution in [3.63, 3.8) is 0 Å². The van der Waals surface area contributed by atoms with E-state index in [9.17, 15) is 67.1 Å². The van der Waals surface area contributed by atoms with Crippen molar-refractivity contribution in [1.82, 2.24) is 39.7 Å². The predicted molar refractivity (Wildman–Crippen MR) is 175 cm³/mol. The van der Waals surface area contributed by atoms with Gasteiger partial charge in [-0.1, -0.05) is 6.92 Å². The zero-order chi connectivity index (χ0) is 43.4. The first-order valence-corrected chi connectivity index (χ1v) is 18.4. The van der Waals surface area contributed by atoms with Gasteiger partial charge in [-0.3, -0.25) is 9.69 Å². The number of rotatable bonds is 9. The van der Waals surface area contributed by atoms with Crippen LogP contribution in [-0.4, -0.2) is 153 Å². The van der Waals surface area contributed by atoms with Gasteiger partial charge in [0.2, 0.25) is 5.82 Å². The number of carbonyl (C=O) groups is 3. The highest BCUT2D eigenvalue weighted by Gasteiger charge is 2.61. The summed E-state index contributed by atoms with van der Waals surface area (Å²) in [5, 5.41) is 11.6. The number of nitrogens with zero attached hydrogens (tertiary/aromatic N) is 7. The minimum atomic E-state index is -5.86. The van der Waals surface area contributed by atoms with Crippen LogP contribution in [0.15, 0.2) is 0 Å². The average Bonchev–Trinajstić information content (AvgIpc) is 3.76. The van der Waals surface area contributed by atoms with Crippen molar-refractivity contribution in [3.8, 4) is 0 Å². The summed E-state index contributed by atoms with van der Waals surface area (Å²) < 4.78 is 164. The smallest absolute Gasteiger partial charge is 0.426 e. The van der Waals surface area contributed by atoms with E-state index in [1.807, 2.05) is 6.92 Å². The molecule has 2 saturated heterocycles. The van der Waals surface area contributed by atoms with Gasteiger partial charge in [-0.15, -0.1) is 10.2 Å². The molecule has 58 heavy (non-hydrogen) atoms. The molecule has 0 spiro atoms. The van der Waals surface area contributed by atoms with E-state index in [4.69, 9.17) is 0 Å². The second-order valence-corrected chi connectivity index (χ2v) is 15.7. The van der Waals surface area contributed by atoms with Crippen LogP contribution in [0.4, 0.5) is 62.3 Å². The van der Waals surface area contributed by atoms with E-state index >= 15 is 0 Å². The summed E-state index contributed by atoms with van der Waals surface area (Å²) in [7, 11) is 3.20. The lowest BCUT2D eigenvalue weighted by Crippen LogP contribution is -2.58. The van der Waals surface area contributed by atoms with Crippen molar-refractivity contribution in [2.75, 3.05) is 46.8 Å². The summed E-state index contributed by atoms with van der Waals surface area (Å²) in [5.74, 6) is 0.304. The van der Waals surface area contributed by atoms with Crippen LogP contribution >= 0.6 is 0 Å². The maximum atomic E-state index is 13.7. The van der Waals surface area contributed by atoms with Gasteiger partial charge in [0.1, 0.15) is 5.82 Å². The molecule has 0 aromatic carbocycles. The molecule has 4 heterocycles. The molecule has 1 aromatic rings. The summed E-state index contributed by atoms with van der Waals surface area (Å²) in [4.78, 5) is 43.4. The molecule has 0 radical (unpaired) electrons. The van der Waals surface area contributed by atoms with Crippen LogP contribution in [-0.2, 0) is 22.6 Å². The maximum Gasteiger partial charge on any atom is 0.434 e. The van der Waals surface area contributed by atoms with Crippen molar-refractivity contribution in [3.05, 3.63) is 11.6 Å². The number of nitrogens with one attached hydrogen (secondary N) is 1. The summed E-state index contributed by atoms with van der Waals surface area (Å²) in [6.07, 6.45) is -33.1. The van der Waals surface area contributed by atoms with E-state index in [1.54, 1.807) is 18.5 Å². The number of carbonyl (C=O) groups excluding carboxylic acids is 3. The molecule has 1 aromatic heterocycles. The van der Waals surface area contributed by atoms with E-state index in [0.717, 1.165) is 22.6 Å². The Kier molecular flexibility index (Phi) is 12.5. The van der Waals surface area contributed by atoms with E-state index in [1.165, 1.54) is 11.9 Å². The number of hydrogen-bond donors (Lipinski definition) is 1. The molecule has 3 unspecified atom stereocenters. The van der Waals surface area contributed by atoms with Crippen molar-refractivity contribution in [1.29, 1.82) is 0 Å². The molecule has 1 saturated carbocycles. The number of alkyl halides is 12. The SMILES string of the molecule is CNC1(C(C)CC2CC2N2CCn3c(nnc3C(=O)N(C)C3(C)CCN(C(=O)OC(C(F)(F)F)C(F)(F)F)CC3)C2)CCN(C(=O)OC(C(F)(F)F)C(F)(F)F)CC1. The topological polar surface area (TPSA) is 125 Å². The number of amides is 3. The molecule has 3 fully saturated rings. The molecule has 3 atom stereocenters. The van der Waals surface area contributed by atoms with E-state index < -0.39 is 66.1 Å². The van der Waals surface area contributed by atoms with Gasteiger partial charge >= 0.3 is 36.9 Å². The molecular formula is C33H44F12N8O5. The van der Waals surface area contributed by atoms with Crippen LogP contribution in [0.2, 0.25) is 0 Å². The minimum absolute atomic E-state index is 0.00699. The van der Waals surface area contributed by atoms with Crippen molar-refractivity contribution in [2.24, 2.45) is 11.8 Å². The van der Waals surface area contributed by atoms with Gasteiger partial charge in [0, 0.05) is 63.4 Å². The van der Waals surface area contributed by atoms with E-state index in [-0.39, 0.29) is 75.6 Å². The van der Waals surface area contributed by atoms with Crippen molar-refractivity contribution < 1.29 is 76.5 Å². The zero-order valence-electron chi connectivity index (χ0n) is 31.8. The molecule has 5 rings (SSSR count). The zero-order valence-corrected chi connectivity index (χ0v) is 31.8. The third-order valence-electron chi connectivity index (χ3n) is 12.2. The fourth-order valence-corrected chi connectivity index (χ4v) is 8.20. The number of fused-ring (bicyclic) bond motifs is 1. The molecule has 0 bridgehead atoms. The van der Waals surface area contributed by atoms with Gasteiger partial charge in [-0.25, -0.2) is 9.59 Å². The number of ether oxygens (including phenoxy) is 2. The Hall–Kier alpha value is -3.77. The van der Waals surface area contributed by atoms with E-state index in [2.05, 4.69) is 29.9 Å². The van der Waals surface area contributed by atoms with Gasteiger partial charge < -0.3 is 34.1 Å². The molecule has 3 amide bonds. The monoisotopic (exact) mass is 860 g/mol. The Labute approximate surface area is 324 Å². The average molecular weight is 861 g/mol. The largest absolute Gasteiger partial charge is 0.434 e. The van der Waals surface area contributed by atoms with Gasteiger partial charge in [0.15, 0.2) is 0 Å². The molecule has 4 aliphatic rings. The fraction of sp³-hybridized carbons (Fsp3) is 0.848. The van der Waals surface area contributed by atoms with Crippen LogP contribution < -0.4 is 5.32 Å². The first-order chi connectivity index (χ1) is 26.6. The van der Waals surface area contributed by atoms with Gasteiger partial charge in [0.05, 0.1) is 6.54 Å². The van der Waals surface area contributed by atoms with Crippen LogP contribution in [0.1, 0.15) is 68.8 Å². The van der Waals surface area contributed by atoms with Crippen LogP contribution in [0.5, 0.6) is 0 Å². The Morgan fingerprint density at radius 1 is 0.776 bits per heavy atom. The molecule has 13 nitrogen and oxygen atoms in total. The summed E-state index contributed by atoms with van der Waals surface area (Å²) in [6.45, 7) is 4.18. The van der Waals surface area contributed by atoms with Crippen LogP contribution in [0.25, 0.3) is 0 Å². The lowest BCUT2D eigenvalue weighted by atomic mass is 9.75. The number of halogens is 12. The van der Waals surface area contributed by atoms with Gasteiger partial charge in [-0.2, -0.15) is 52.7 Å². The molecule has 330 valence electrons. The highest BCUT2D eigenvalue weighted by Crippen LogP contribution is 2.46. The number of hydrogen-bond acceptors (Lipinski definition) is 9. The predicted octanol–water partition coefficient (Wildman–Crippen LogP) is 5.75. The van der Waals surface area contributed by atoms with Crippen LogP contribution in [0.3, 0.4) is 0 Å². The minimum Gasteiger partial charge on any atom is -0.426 e. The Balaban J connectivity index is 1.11. The first kappa shape index (κ1) is 45.3. The Bertz CT molecular complexity index is 1620. The fourth-order valence-electron chi connectivity index (χ4n) is 8.20. The molecule has 3 aliphatic heterocycles. The second kappa shape index (κ2) is 16.0. The molecule has 25 heteroatoms. The lowest BCUT2D eigenvalue weighted by molar-refractivity contribution is -0.309. The number of likely N-dealkylation sites (tertiary alicyclic amines) is 2. The Morgan fingerprint density at radius 2 is 1.24 bits per heavy atom. The maximum absolute atomic E-state index is 13.7.